The van der Waals surface area contributed by atoms with Crippen LogP contribution in [0.2, 0.25) is 0 Å². The second-order valence-corrected chi connectivity index (χ2v) is 5.09. The van der Waals surface area contributed by atoms with E-state index in [1.165, 1.54) is 0 Å². The molecule has 0 saturated carbocycles. The summed E-state index contributed by atoms with van der Waals surface area (Å²) in [4.78, 5) is 14.4. The van der Waals surface area contributed by atoms with Crippen molar-refractivity contribution in [2.75, 3.05) is 11.9 Å². The maximum absolute atomic E-state index is 12.4. The van der Waals surface area contributed by atoms with Gasteiger partial charge < -0.3 is 4.90 Å². The molecule has 17 heavy (non-hydrogen) atoms. The first kappa shape index (κ1) is 12.6. The Morgan fingerprint density at radius 3 is 3.00 bits per heavy atom. The zero-order valence-electron chi connectivity index (χ0n) is 10.3. The summed E-state index contributed by atoms with van der Waals surface area (Å²) in [7, 11) is 1.84. The Hall–Kier alpha value is -0.840. The van der Waals surface area contributed by atoms with Gasteiger partial charge >= 0.3 is 0 Å². The predicted molar refractivity (Wildman–Crippen MR) is 70.4 cm³/mol. The van der Waals surface area contributed by atoms with Crippen LogP contribution in [-0.2, 0) is 13.5 Å². The standard InChI is InChI=1S/C12H18BrN3O/c1-3-9-7-11(15(2)14-9)12(17)16-6-4-5-10(16)8-13/h7,10H,3-6,8H2,1-2H3. The number of alkyl halides is 1. The molecule has 1 aromatic heterocycles. The van der Waals surface area contributed by atoms with Gasteiger partial charge in [-0.2, -0.15) is 5.10 Å². The van der Waals surface area contributed by atoms with Crippen LogP contribution in [0.3, 0.4) is 0 Å². The maximum atomic E-state index is 12.4. The lowest BCUT2D eigenvalue weighted by Crippen LogP contribution is -2.37. The van der Waals surface area contributed by atoms with Crippen molar-refractivity contribution in [3.8, 4) is 0 Å². The number of aromatic nitrogens is 2. The molecule has 0 N–H and O–H groups in total. The number of aryl methyl sites for hydroxylation is 2. The normalized spacial score (nSPS) is 19.9. The van der Waals surface area contributed by atoms with Crippen molar-refractivity contribution in [1.82, 2.24) is 14.7 Å². The summed E-state index contributed by atoms with van der Waals surface area (Å²) in [6, 6.07) is 2.24. The molecule has 5 heteroatoms. The van der Waals surface area contributed by atoms with Crippen LogP contribution in [0.25, 0.3) is 0 Å². The summed E-state index contributed by atoms with van der Waals surface area (Å²) in [6.07, 6.45) is 3.05. The van der Waals surface area contributed by atoms with Crippen molar-refractivity contribution in [2.45, 2.75) is 32.2 Å². The number of likely N-dealkylation sites (tertiary alicyclic amines) is 1. The minimum Gasteiger partial charge on any atom is -0.334 e. The van der Waals surface area contributed by atoms with Crippen molar-refractivity contribution >= 4 is 21.8 Å². The van der Waals surface area contributed by atoms with Crippen LogP contribution in [0.1, 0.15) is 35.9 Å². The molecule has 1 aliphatic heterocycles. The van der Waals surface area contributed by atoms with Gasteiger partial charge in [-0.25, -0.2) is 0 Å². The number of halogens is 1. The molecule has 1 aliphatic rings. The molecule has 0 radical (unpaired) electrons. The topological polar surface area (TPSA) is 38.1 Å². The summed E-state index contributed by atoms with van der Waals surface area (Å²) in [6.45, 7) is 2.91. The Morgan fingerprint density at radius 1 is 1.65 bits per heavy atom. The van der Waals surface area contributed by atoms with Crippen molar-refractivity contribution < 1.29 is 4.79 Å². The first-order valence-corrected chi connectivity index (χ1v) is 7.19. The van der Waals surface area contributed by atoms with E-state index in [0.717, 1.165) is 36.8 Å². The van der Waals surface area contributed by atoms with Crippen LogP contribution >= 0.6 is 15.9 Å². The zero-order valence-corrected chi connectivity index (χ0v) is 11.9. The Morgan fingerprint density at radius 2 is 2.41 bits per heavy atom. The highest BCUT2D eigenvalue weighted by atomic mass is 79.9. The van der Waals surface area contributed by atoms with Gasteiger partial charge in [0.25, 0.3) is 5.91 Å². The van der Waals surface area contributed by atoms with Crippen LogP contribution in [0.15, 0.2) is 6.07 Å². The molecule has 1 aromatic rings. The molecule has 0 spiro atoms. The molecule has 1 fully saturated rings. The molecule has 2 rings (SSSR count). The average Bonchev–Trinajstić information content (AvgIpc) is 2.93. The smallest absolute Gasteiger partial charge is 0.272 e. The fourth-order valence-corrected chi connectivity index (χ4v) is 2.98. The molecule has 2 heterocycles. The van der Waals surface area contributed by atoms with Gasteiger partial charge in [-0.15, -0.1) is 0 Å². The number of hydrogen-bond donors (Lipinski definition) is 0. The zero-order chi connectivity index (χ0) is 12.4. The number of carbonyl (C=O) groups is 1. The van der Waals surface area contributed by atoms with Crippen LogP contribution in [0.4, 0.5) is 0 Å². The van der Waals surface area contributed by atoms with Crippen molar-refractivity contribution in [1.29, 1.82) is 0 Å². The third-order valence-electron chi connectivity index (χ3n) is 3.33. The molecule has 0 aromatic carbocycles. The Kier molecular flexibility index (Phi) is 3.86. The summed E-state index contributed by atoms with van der Waals surface area (Å²) in [5, 5.41) is 5.19. The van der Waals surface area contributed by atoms with Gasteiger partial charge in [0, 0.05) is 25.0 Å². The maximum Gasteiger partial charge on any atom is 0.272 e. The van der Waals surface area contributed by atoms with Crippen LogP contribution in [0, 0.1) is 0 Å². The van der Waals surface area contributed by atoms with Gasteiger partial charge in [-0.3, -0.25) is 9.48 Å². The highest BCUT2D eigenvalue weighted by Gasteiger charge is 2.30. The van der Waals surface area contributed by atoms with E-state index in [4.69, 9.17) is 0 Å². The number of carbonyl (C=O) groups excluding carboxylic acids is 1. The third-order valence-corrected chi connectivity index (χ3v) is 4.08. The highest BCUT2D eigenvalue weighted by molar-refractivity contribution is 9.09. The lowest BCUT2D eigenvalue weighted by Gasteiger charge is -2.22. The summed E-state index contributed by atoms with van der Waals surface area (Å²) < 4.78 is 1.70. The van der Waals surface area contributed by atoms with E-state index in [2.05, 4.69) is 21.0 Å². The summed E-state index contributed by atoms with van der Waals surface area (Å²) in [5.41, 5.74) is 1.68. The average molecular weight is 300 g/mol. The summed E-state index contributed by atoms with van der Waals surface area (Å²) in [5.74, 6) is 0.113. The molecule has 1 unspecified atom stereocenters. The van der Waals surface area contributed by atoms with Crippen LogP contribution in [0.5, 0.6) is 0 Å². The summed E-state index contributed by atoms with van der Waals surface area (Å²) >= 11 is 3.48. The SMILES string of the molecule is CCc1cc(C(=O)N2CCCC2CBr)n(C)n1. The Labute approximate surface area is 110 Å². The van der Waals surface area contributed by atoms with Crippen molar-refractivity contribution in [3.63, 3.8) is 0 Å². The molecule has 1 saturated heterocycles. The van der Waals surface area contributed by atoms with Crippen LogP contribution < -0.4 is 0 Å². The molecule has 0 bridgehead atoms. The highest BCUT2D eigenvalue weighted by Crippen LogP contribution is 2.21. The molecule has 0 aliphatic carbocycles. The van der Waals surface area contributed by atoms with E-state index in [9.17, 15) is 4.79 Å². The van der Waals surface area contributed by atoms with Gasteiger partial charge in [0.05, 0.1) is 5.69 Å². The second kappa shape index (κ2) is 5.21. The minimum atomic E-state index is 0.113. The van der Waals surface area contributed by atoms with E-state index in [0.29, 0.717) is 11.7 Å². The first-order valence-electron chi connectivity index (χ1n) is 6.07. The van der Waals surface area contributed by atoms with Gasteiger partial charge in [-0.1, -0.05) is 22.9 Å². The molecule has 94 valence electrons. The van der Waals surface area contributed by atoms with E-state index >= 15 is 0 Å². The number of amides is 1. The second-order valence-electron chi connectivity index (χ2n) is 4.45. The molecule has 1 atom stereocenters. The predicted octanol–water partition coefficient (Wildman–Crippen LogP) is 1.98. The largest absolute Gasteiger partial charge is 0.334 e. The van der Waals surface area contributed by atoms with Gasteiger partial charge in [0.1, 0.15) is 5.69 Å². The lowest BCUT2D eigenvalue weighted by atomic mass is 10.2. The first-order chi connectivity index (χ1) is 8.17. The lowest BCUT2D eigenvalue weighted by molar-refractivity contribution is 0.0739. The van der Waals surface area contributed by atoms with Crippen molar-refractivity contribution in [2.24, 2.45) is 7.05 Å². The van der Waals surface area contributed by atoms with E-state index in [1.54, 1.807) is 4.68 Å². The quantitative estimate of drug-likeness (QED) is 0.801. The molecular weight excluding hydrogens is 282 g/mol. The van der Waals surface area contributed by atoms with Crippen LogP contribution in [-0.4, -0.2) is 38.5 Å². The molecule has 4 nitrogen and oxygen atoms in total. The van der Waals surface area contributed by atoms with E-state index in [1.807, 2.05) is 24.9 Å². The molecule has 1 amide bonds. The minimum absolute atomic E-state index is 0.113. The number of hydrogen-bond acceptors (Lipinski definition) is 2. The number of rotatable bonds is 3. The fraction of sp³-hybridized carbons (Fsp3) is 0.667. The monoisotopic (exact) mass is 299 g/mol. The Bertz CT molecular complexity index is 416. The fourth-order valence-electron chi connectivity index (χ4n) is 2.31. The third kappa shape index (κ3) is 2.39. The van der Waals surface area contributed by atoms with E-state index < -0.39 is 0 Å². The van der Waals surface area contributed by atoms with Gasteiger partial charge in [0.2, 0.25) is 0 Å². The molecular formula is C12H18BrN3O. The van der Waals surface area contributed by atoms with Crippen molar-refractivity contribution in [3.05, 3.63) is 17.5 Å². The Balaban J connectivity index is 2.21. The number of nitrogens with zero attached hydrogens (tertiary/aromatic N) is 3. The van der Waals surface area contributed by atoms with Gasteiger partial charge in [0.15, 0.2) is 0 Å². The van der Waals surface area contributed by atoms with Gasteiger partial charge in [-0.05, 0) is 25.3 Å². The van der Waals surface area contributed by atoms with E-state index in [-0.39, 0.29) is 5.91 Å².